The van der Waals surface area contributed by atoms with E-state index < -0.39 is 0 Å². The monoisotopic (exact) mass is 275 g/mol. The largest absolute Gasteiger partial charge is 0.294 e. The molecule has 2 nitrogen and oxygen atoms in total. The number of pyridine rings is 1. The van der Waals surface area contributed by atoms with Gasteiger partial charge in [0.2, 0.25) is 0 Å². The molecule has 0 radical (unpaired) electrons. The van der Waals surface area contributed by atoms with Gasteiger partial charge >= 0.3 is 0 Å². The van der Waals surface area contributed by atoms with Crippen molar-refractivity contribution in [2.45, 2.75) is 6.42 Å². The highest BCUT2D eigenvalue weighted by atomic mass is 79.9. The summed E-state index contributed by atoms with van der Waals surface area (Å²) in [4.78, 5) is 16.0. The fourth-order valence-corrected chi connectivity index (χ4v) is 1.64. The van der Waals surface area contributed by atoms with E-state index in [1.807, 2.05) is 42.5 Å². The topological polar surface area (TPSA) is 30.0 Å². The van der Waals surface area contributed by atoms with Crippen LogP contribution < -0.4 is 0 Å². The van der Waals surface area contributed by atoms with Crippen molar-refractivity contribution in [3.8, 4) is 0 Å². The minimum Gasteiger partial charge on any atom is -0.294 e. The van der Waals surface area contributed by atoms with Crippen LogP contribution in [0.3, 0.4) is 0 Å². The van der Waals surface area contributed by atoms with E-state index >= 15 is 0 Å². The Hall–Kier alpha value is -1.48. The first-order valence-electron chi connectivity index (χ1n) is 4.94. The zero-order valence-electron chi connectivity index (χ0n) is 8.56. The zero-order chi connectivity index (χ0) is 11.4. The molecule has 0 amide bonds. The first-order valence-corrected chi connectivity index (χ1v) is 5.74. The van der Waals surface area contributed by atoms with Crippen LogP contribution in [0.4, 0.5) is 0 Å². The van der Waals surface area contributed by atoms with E-state index in [1.54, 1.807) is 6.20 Å². The Morgan fingerprint density at radius 2 is 1.88 bits per heavy atom. The number of ketones is 1. The number of carbonyl (C=O) groups is 1. The summed E-state index contributed by atoms with van der Waals surface area (Å²) in [5.74, 6) is 0.0930. The Bertz CT molecular complexity index is 479. The number of hydrogen-bond acceptors (Lipinski definition) is 2. The predicted molar refractivity (Wildman–Crippen MR) is 66.4 cm³/mol. The van der Waals surface area contributed by atoms with Crippen molar-refractivity contribution in [3.05, 3.63) is 64.4 Å². The molecule has 0 aliphatic heterocycles. The molecule has 0 unspecified atom stereocenters. The lowest BCUT2D eigenvalue weighted by molar-refractivity contribution is 0.0992. The first-order chi connectivity index (χ1) is 7.75. The third kappa shape index (κ3) is 2.76. The molecule has 0 saturated heterocycles. The molecule has 2 aromatic rings. The number of carbonyl (C=O) groups excluding carboxylic acids is 1. The van der Waals surface area contributed by atoms with Crippen LogP contribution in [0.5, 0.6) is 0 Å². The van der Waals surface area contributed by atoms with Crippen LogP contribution in [0, 0.1) is 0 Å². The van der Waals surface area contributed by atoms with Crippen LogP contribution in [0.2, 0.25) is 0 Å². The van der Waals surface area contributed by atoms with Gasteiger partial charge in [-0.15, -0.1) is 0 Å². The van der Waals surface area contributed by atoms with Crippen molar-refractivity contribution in [2.24, 2.45) is 0 Å². The smallest absolute Gasteiger partial charge is 0.168 e. The quantitative estimate of drug-likeness (QED) is 0.805. The average Bonchev–Trinajstić information content (AvgIpc) is 2.33. The highest BCUT2D eigenvalue weighted by molar-refractivity contribution is 9.10. The lowest BCUT2D eigenvalue weighted by Gasteiger charge is -2.00. The van der Waals surface area contributed by atoms with Crippen LogP contribution in [0.15, 0.2) is 53.1 Å². The van der Waals surface area contributed by atoms with Gasteiger partial charge in [-0.1, -0.05) is 30.3 Å². The van der Waals surface area contributed by atoms with Crippen LogP contribution >= 0.6 is 15.9 Å². The number of benzene rings is 1. The highest BCUT2D eigenvalue weighted by Crippen LogP contribution is 2.10. The molecule has 0 fully saturated rings. The number of aromatic nitrogens is 1. The second kappa shape index (κ2) is 5.03. The van der Waals surface area contributed by atoms with Crippen molar-refractivity contribution in [2.75, 3.05) is 0 Å². The van der Waals surface area contributed by atoms with Crippen molar-refractivity contribution in [1.82, 2.24) is 4.98 Å². The molecule has 0 aliphatic rings. The maximum absolute atomic E-state index is 11.8. The molecule has 0 saturated carbocycles. The third-order valence-electron chi connectivity index (χ3n) is 2.23. The standard InChI is InChI=1S/C13H10BrNO/c14-11-6-7-12(15-9-11)8-13(16)10-4-2-1-3-5-10/h1-7,9H,8H2. The molecule has 0 N–H and O–H groups in total. The minimum absolute atomic E-state index is 0.0930. The summed E-state index contributed by atoms with van der Waals surface area (Å²) in [7, 11) is 0. The van der Waals surface area contributed by atoms with Gasteiger partial charge in [0.1, 0.15) is 0 Å². The second-order valence-electron chi connectivity index (χ2n) is 3.43. The van der Waals surface area contributed by atoms with Crippen molar-refractivity contribution >= 4 is 21.7 Å². The highest BCUT2D eigenvalue weighted by Gasteiger charge is 2.06. The first kappa shape index (κ1) is 11.0. The number of halogens is 1. The molecule has 3 heteroatoms. The van der Waals surface area contributed by atoms with Gasteiger partial charge in [0.25, 0.3) is 0 Å². The van der Waals surface area contributed by atoms with Crippen LogP contribution in [-0.2, 0) is 6.42 Å². The molecular formula is C13H10BrNO. The summed E-state index contributed by atoms with van der Waals surface area (Å²) in [6.45, 7) is 0. The molecule has 0 spiro atoms. The fourth-order valence-electron chi connectivity index (χ4n) is 1.40. The molecule has 1 aromatic carbocycles. The van der Waals surface area contributed by atoms with Gasteiger partial charge in [-0.2, -0.15) is 0 Å². The van der Waals surface area contributed by atoms with Crippen molar-refractivity contribution < 1.29 is 4.79 Å². The van der Waals surface area contributed by atoms with Gasteiger partial charge in [0.15, 0.2) is 5.78 Å². The molecule has 16 heavy (non-hydrogen) atoms. The second-order valence-corrected chi connectivity index (χ2v) is 4.35. The van der Waals surface area contributed by atoms with Crippen LogP contribution in [-0.4, -0.2) is 10.8 Å². The fraction of sp³-hybridized carbons (Fsp3) is 0.0769. The Morgan fingerprint density at radius 1 is 1.12 bits per heavy atom. The van der Waals surface area contributed by atoms with Gasteiger partial charge in [0.05, 0.1) is 6.42 Å². The Morgan fingerprint density at radius 3 is 2.50 bits per heavy atom. The van der Waals surface area contributed by atoms with E-state index in [0.29, 0.717) is 6.42 Å². The molecular weight excluding hydrogens is 266 g/mol. The third-order valence-corrected chi connectivity index (χ3v) is 2.70. The summed E-state index contributed by atoms with van der Waals surface area (Å²) in [6, 6.07) is 13.0. The summed E-state index contributed by atoms with van der Waals surface area (Å²) < 4.78 is 0.920. The molecule has 0 aliphatic carbocycles. The Balaban J connectivity index is 2.11. The molecule has 0 atom stereocenters. The van der Waals surface area contributed by atoms with Gasteiger partial charge in [-0.3, -0.25) is 9.78 Å². The summed E-state index contributed by atoms with van der Waals surface area (Å²) in [5.41, 5.74) is 1.52. The van der Waals surface area contributed by atoms with Crippen LogP contribution in [0.1, 0.15) is 16.1 Å². The molecule has 2 rings (SSSR count). The van der Waals surface area contributed by atoms with E-state index in [2.05, 4.69) is 20.9 Å². The van der Waals surface area contributed by atoms with Gasteiger partial charge in [-0.25, -0.2) is 0 Å². The number of hydrogen-bond donors (Lipinski definition) is 0. The van der Waals surface area contributed by atoms with Gasteiger partial charge in [-0.05, 0) is 28.1 Å². The van der Waals surface area contributed by atoms with Crippen LogP contribution in [0.25, 0.3) is 0 Å². The normalized spacial score (nSPS) is 10.1. The summed E-state index contributed by atoms with van der Waals surface area (Å²) in [6.07, 6.45) is 2.05. The van der Waals surface area contributed by atoms with Crippen molar-refractivity contribution in [1.29, 1.82) is 0 Å². The number of Topliss-reactive ketones (excluding diaryl/α,β-unsaturated/α-hetero) is 1. The molecule has 1 aromatic heterocycles. The maximum atomic E-state index is 11.8. The Kier molecular flexibility index (Phi) is 3.47. The SMILES string of the molecule is O=C(Cc1ccc(Br)cn1)c1ccccc1. The molecule has 0 bridgehead atoms. The van der Waals surface area contributed by atoms with E-state index in [0.717, 1.165) is 15.7 Å². The number of rotatable bonds is 3. The number of nitrogens with zero attached hydrogens (tertiary/aromatic N) is 1. The van der Waals surface area contributed by atoms with Gasteiger partial charge in [0, 0.05) is 21.9 Å². The predicted octanol–water partition coefficient (Wildman–Crippen LogP) is 3.27. The van der Waals surface area contributed by atoms with E-state index in [9.17, 15) is 4.79 Å². The van der Waals surface area contributed by atoms with E-state index in [-0.39, 0.29) is 5.78 Å². The lowest BCUT2D eigenvalue weighted by atomic mass is 10.1. The summed E-state index contributed by atoms with van der Waals surface area (Å²) in [5, 5.41) is 0. The average molecular weight is 276 g/mol. The van der Waals surface area contributed by atoms with E-state index in [4.69, 9.17) is 0 Å². The lowest BCUT2D eigenvalue weighted by Crippen LogP contribution is -2.04. The maximum Gasteiger partial charge on any atom is 0.168 e. The van der Waals surface area contributed by atoms with E-state index in [1.165, 1.54) is 0 Å². The zero-order valence-corrected chi connectivity index (χ0v) is 10.1. The molecule has 1 heterocycles. The van der Waals surface area contributed by atoms with Crippen molar-refractivity contribution in [3.63, 3.8) is 0 Å². The van der Waals surface area contributed by atoms with Gasteiger partial charge < -0.3 is 0 Å². The Labute approximate surface area is 102 Å². The summed E-state index contributed by atoms with van der Waals surface area (Å²) >= 11 is 3.31. The minimum atomic E-state index is 0.0930. The molecule has 80 valence electrons.